The minimum absolute atomic E-state index is 0.167. The van der Waals surface area contributed by atoms with E-state index in [9.17, 15) is 4.79 Å². The number of aryl methyl sites for hydroxylation is 2. The number of nitrogens with one attached hydrogen (secondary N) is 1. The minimum Gasteiger partial charge on any atom is -0.480 e. The van der Waals surface area contributed by atoms with Gasteiger partial charge in [0.1, 0.15) is 11.4 Å². The summed E-state index contributed by atoms with van der Waals surface area (Å²) in [5.41, 5.74) is 2.71. The van der Waals surface area contributed by atoms with Crippen molar-refractivity contribution in [3.8, 4) is 5.88 Å². The number of amides is 1. The molecule has 0 aliphatic rings. The Balaban J connectivity index is 1.99. The van der Waals surface area contributed by atoms with Crippen molar-refractivity contribution in [1.82, 2.24) is 9.97 Å². The first-order chi connectivity index (χ1) is 12.0. The second-order valence-corrected chi connectivity index (χ2v) is 6.64. The van der Waals surface area contributed by atoms with Crippen molar-refractivity contribution in [1.29, 1.82) is 0 Å². The Kier molecular flexibility index (Phi) is 4.96. The lowest BCUT2D eigenvalue weighted by Crippen LogP contribution is -2.11. The van der Waals surface area contributed by atoms with Crippen LogP contribution >= 0.6 is 11.3 Å². The summed E-state index contributed by atoms with van der Waals surface area (Å²) in [5.74, 6) is 0.818. The van der Waals surface area contributed by atoms with Gasteiger partial charge in [0.25, 0.3) is 5.91 Å². The summed E-state index contributed by atoms with van der Waals surface area (Å²) < 4.78 is 10.5. The van der Waals surface area contributed by atoms with E-state index in [0.29, 0.717) is 21.4 Å². The number of rotatable bonds is 5. The third-order valence-corrected chi connectivity index (χ3v) is 4.97. The average Bonchev–Trinajstić information content (AvgIpc) is 2.93. The van der Waals surface area contributed by atoms with Gasteiger partial charge in [-0.3, -0.25) is 4.79 Å². The van der Waals surface area contributed by atoms with E-state index in [1.54, 1.807) is 14.2 Å². The number of nitrogens with zero attached hydrogens (tertiary/aromatic N) is 2. The average molecular weight is 357 g/mol. The van der Waals surface area contributed by atoms with Crippen LogP contribution in [0.5, 0.6) is 5.88 Å². The highest BCUT2D eigenvalue weighted by atomic mass is 32.1. The molecular weight excluding hydrogens is 338 g/mol. The molecule has 0 bridgehead atoms. The van der Waals surface area contributed by atoms with Gasteiger partial charge in [-0.05, 0) is 31.5 Å². The fourth-order valence-electron chi connectivity index (χ4n) is 2.53. The molecule has 0 unspecified atom stereocenters. The van der Waals surface area contributed by atoms with Crippen LogP contribution in [0.2, 0.25) is 0 Å². The summed E-state index contributed by atoms with van der Waals surface area (Å²) in [6.45, 7) is 4.17. The quantitative estimate of drug-likeness (QED) is 0.753. The van der Waals surface area contributed by atoms with E-state index >= 15 is 0 Å². The number of hydrogen-bond acceptors (Lipinski definition) is 6. The van der Waals surface area contributed by atoms with Crippen molar-refractivity contribution in [2.45, 2.75) is 20.5 Å². The van der Waals surface area contributed by atoms with Gasteiger partial charge in [-0.15, -0.1) is 11.3 Å². The van der Waals surface area contributed by atoms with Gasteiger partial charge in [-0.1, -0.05) is 17.7 Å². The lowest BCUT2D eigenvalue weighted by atomic mass is 10.2. The lowest BCUT2D eigenvalue weighted by molar-refractivity contribution is 0.103. The third-order valence-electron chi connectivity index (χ3n) is 3.79. The summed E-state index contributed by atoms with van der Waals surface area (Å²) in [5, 5.41) is 3.69. The van der Waals surface area contributed by atoms with Gasteiger partial charge in [0.05, 0.1) is 17.4 Å². The molecule has 130 valence electrons. The predicted molar refractivity (Wildman–Crippen MR) is 98.5 cm³/mol. The number of anilines is 1. The van der Waals surface area contributed by atoms with E-state index in [4.69, 9.17) is 9.47 Å². The van der Waals surface area contributed by atoms with Crippen LogP contribution < -0.4 is 10.1 Å². The molecule has 6 nitrogen and oxygen atoms in total. The van der Waals surface area contributed by atoms with Gasteiger partial charge < -0.3 is 14.8 Å². The van der Waals surface area contributed by atoms with E-state index in [-0.39, 0.29) is 12.5 Å². The van der Waals surface area contributed by atoms with Crippen LogP contribution in [0, 0.1) is 13.8 Å². The van der Waals surface area contributed by atoms with E-state index in [1.165, 1.54) is 11.3 Å². The summed E-state index contributed by atoms with van der Waals surface area (Å²) in [4.78, 5) is 22.8. The fourth-order valence-corrected chi connectivity index (χ4v) is 3.61. The van der Waals surface area contributed by atoms with Gasteiger partial charge >= 0.3 is 0 Å². The molecule has 0 spiro atoms. The maximum atomic E-state index is 12.7. The van der Waals surface area contributed by atoms with E-state index in [0.717, 1.165) is 22.2 Å². The number of methoxy groups -OCH3 is 2. The maximum absolute atomic E-state index is 12.7. The molecule has 0 radical (unpaired) electrons. The van der Waals surface area contributed by atoms with E-state index in [2.05, 4.69) is 15.3 Å². The van der Waals surface area contributed by atoms with Crippen LogP contribution in [0.3, 0.4) is 0 Å². The van der Waals surface area contributed by atoms with Crippen LogP contribution in [-0.2, 0) is 11.3 Å². The minimum atomic E-state index is -0.167. The standard InChI is InChI=1S/C18H19N3O3S/c1-10-5-7-12(8-6-10)19-16(22)15-11(2)14-17(24-4)20-13(9-23-3)21-18(14)25-15/h5-8H,9H2,1-4H3,(H,19,22). The van der Waals surface area contributed by atoms with Crippen molar-refractivity contribution in [2.24, 2.45) is 0 Å². The molecule has 7 heteroatoms. The van der Waals surface area contributed by atoms with Crippen LogP contribution in [0.4, 0.5) is 5.69 Å². The zero-order valence-electron chi connectivity index (χ0n) is 14.5. The van der Waals surface area contributed by atoms with Crippen molar-refractivity contribution in [3.05, 3.63) is 46.1 Å². The number of carbonyl (C=O) groups excluding carboxylic acids is 1. The van der Waals surface area contributed by atoms with Gasteiger partial charge in [0.15, 0.2) is 5.82 Å². The molecule has 25 heavy (non-hydrogen) atoms. The highest BCUT2D eigenvalue weighted by Gasteiger charge is 2.21. The molecule has 0 aliphatic carbocycles. The Morgan fingerprint density at radius 2 is 1.88 bits per heavy atom. The van der Waals surface area contributed by atoms with Gasteiger partial charge in [0, 0.05) is 12.8 Å². The second kappa shape index (κ2) is 7.16. The topological polar surface area (TPSA) is 73.3 Å². The fraction of sp³-hybridized carbons (Fsp3) is 0.278. The summed E-state index contributed by atoms with van der Waals surface area (Å²) in [6.07, 6.45) is 0. The van der Waals surface area contributed by atoms with Crippen LogP contribution in [0.1, 0.15) is 26.6 Å². The number of carbonyl (C=O) groups is 1. The number of aromatic nitrogens is 2. The SMILES string of the molecule is COCc1nc(OC)c2c(C)c(C(=O)Nc3ccc(C)cc3)sc2n1. The molecule has 0 aliphatic heterocycles. The highest BCUT2D eigenvalue weighted by molar-refractivity contribution is 7.20. The first kappa shape index (κ1) is 17.3. The smallest absolute Gasteiger partial charge is 0.266 e. The molecule has 1 aromatic carbocycles. The van der Waals surface area contributed by atoms with Crippen LogP contribution in [-0.4, -0.2) is 30.1 Å². The first-order valence-electron chi connectivity index (χ1n) is 7.74. The van der Waals surface area contributed by atoms with Crippen molar-refractivity contribution in [3.63, 3.8) is 0 Å². The van der Waals surface area contributed by atoms with Gasteiger partial charge in [0.2, 0.25) is 5.88 Å². The Labute approximate surface area is 149 Å². The normalized spacial score (nSPS) is 10.9. The predicted octanol–water partition coefficient (Wildman–Crippen LogP) is 3.72. The Bertz CT molecular complexity index is 919. The molecule has 2 heterocycles. The number of hydrogen-bond donors (Lipinski definition) is 1. The first-order valence-corrected chi connectivity index (χ1v) is 8.56. The molecule has 1 N–H and O–H groups in total. The molecule has 2 aromatic heterocycles. The molecule has 3 rings (SSSR count). The molecular formula is C18H19N3O3S. The molecule has 0 saturated heterocycles. The van der Waals surface area contributed by atoms with Crippen LogP contribution in [0.25, 0.3) is 10.2 Å². The molecule has 3 aromatic rings. The van der Waals surface area contributed by atoms with Gasteiger partial charge in [-0.2, -0.15) is 4.98 Å². The molecule has 0 fully saturated rings. The Morgan fingerprint density at radius 3 is 2.52 bits per heavy atom. The molecule has 1 amide bonds. The van der Waals surface area contributed by atoms with Crippen LogP contribution in [0.15, 0.2) is 24.3 Å². The number of fused-ring (bicyclic) bond motifs is 1. The molecule has 0 saturated carbocycles. The van der Waals surface area contributed by atoms with Gasteiger partial charge in [-0.25, -0.2) is 4.98 Å². The Morgan fingerprint density at radius 1 is 1.16 bits per heavy atom. The zero-order valence-corrected chi connectivity index (χ0v) is 15.4. The molecule has 0 atom stereocenters. The lowest BCUT2D eigenvalue weighted by Gasteiger charge is -2.06. The number of ether oxygens (including phenoxy) is 2. The van der Waals surface area contributed by atoms with E-state index in [1.807, 2.05) is 38.1 Å². The third kappa shape index (κ3) is 3.47. The van der Waals surface area contributed by atoms with Crippen molar-refractivity contribution >= 4 is 33.1 Å². The summed E-state index contributed by atoms with van der Waals surface area (Å²) in [7, 11) is 3.14. The van der Waals surface area contributed by atoms with Crippen molar-refractivity contribution < 1.29 is 14.3 Å². The second-order valence-electron chi connectivity index (χ2n) is 5.64. The summed E-state index contributed by atoms with van der Waals surface area (Å²) >= 11 is 1.33. The zero-order chi connectivity index (χ0) is 18.0. The van der Waals surface area contributed by atoms with E-state index < -0.39 is 0 Å². The highest BCUT2D eigenvalue weighted by Crippen LogP contribution is 2.35. The van der Waals surface area contributed by atoms with Crippen molar-refractivity contribution in [2.75, 3.05) is 19.5 Å². The maximum Gasteiger partial charge on any atom is 0.266 e. The number of thiophene rings is 1. The Hall–Kier alpha value is -2.51. The summed E-state index contributed by atoms with van der Waals surface area (Å²) in [6, 6.07) is 7.68. The monoisotopic (exact) mass is 357 g/mol. The number of benzene rings is 1. The largest absolute Gasteiger partial charge is 0.480 e.